The monoisotopic (exact) mass is 768 g/mol. The van der Waals surface area contributed by atoms with E-state index in [2.05, 4.69) is 18.2 Å². The zero-order valence-electron chi connectivity index (χ0n) is 28.1. The van der Waals surface area contributed by atoms with Gasteiger partial charge in [0.2, 0.25) is 0 Å². The standard InChI is InChI=1S/C39H27N6O6P3/c40-28-31-16-22-37(23-17-31)49-53(48-36-14-8-3-9-15-36)43-52(46-34-10-4-1-5-11-34,47-35-12-6-2-7-13-35)44-54(45-53,50-38-24-18-32(29-41)19-25-38)51-39-26-20-33(30-42)21-27-39/h1-27H. The Morgan fingerprint density at radius 2 is 0.500 bits per heavy atom. The Morgan fingerprint density at radius 3 is 0.704 bits per heavy atom. The zero-order valence-corrected chi connectivity index (χ0v) is 30.7. The van der Waals surface area contributed by atoms with E-state index in [1.54, 1.807) is 146 Å². The molecule has 1 aliphatic rings. The summed E-state index contributed by atoms with van der Waals surface area (Å²) in [7, 11) is -12.3. The van der Waals surface area contributed by atoms with E-state index in [0.29, 0.717) is 33.9 Å². The van der Waals surface area contributed by atoms with Gasteiger partial charge in [-0.2, -0.15) is 15.8 Å². The molecule has 54 heavy (non-hydrogen) atoms. The van der Waals surface area contributed by atoms with Crippen LogP contribution in [0.25, 0.3) is 0 Å². The van der Waals surface area contributed by atoms with Crippen LogP contribution in [-0.2, 0) is 0 Å². The van der Waals surface area contributed by atoms with Crippen LogP contribution in [0, 0.1) is 34.0 Å². The Hall–Kier alpha value is -6.72. The summed E-state index contributed by atoms with van der Waals surface area (Å²) in [5.41, 5.74) is 1.20. The lowest BCUT2D eigenvalue weighted by atomic mass is 10.2. The Morgan fingerprint density at radius 1 is 0.296 bits per heavy atom. The third-order valence-corrected chi connectivity index (χ3v) is 15.3. The van der Waals surface area contributed by atoms with E-state index >= 15 is 0 Å². The van der Waals surface area contributed by atoms with Crippen LogP contribution in [0.5, 0.6) is 34.5 Å². The summed E-state index contributed by atoms with van der Waals surface area (Å²) in [5.74, 6) is 1.84. The maximum Gasteiger partial charge on any atom is 0.460 e. The number of benzene rings is 6. The van der Waals surface area contributed by atoms with Crippen LogP contribution < -0.4 is 27.1 Å². The Balaban J connectivity index is 1.56. The third kappa shape index (κ3) is 8.66. The summed E-state index contributed by atoms with van der Waals surface area (Å²) in [6, 6.07) is 52.0. The number of para-hydroxylation sites is 3. The van der Waals surface area contributed by atoms with Crippen molar-refractivity contribution in [2.24, 2.45) is 13.5 Å². The molecule has 0 aliphatic carbocycles. The van der Waals surface area contributed by atoms with Crippen LogP contribution in [0.1, 0.15) is 16.7 Å². The van der Waals surface area contributed by atoms with Gasteiger partial charge in [-0.3, -0.25) is 0 Å². The van der Waals surface area contributed by atoms with Gasteiger partial charge in [0.1, 0.15) is 34.5 Å². The highest BCUT2D eigenvalue weighted by Crippen LogP contribution is 2.78. The van der Waals surface area contributed by atoms with Crippen molar-refractivity contribution >= 4 is 23.0 Å². The van der Waals surface area contributed by atoms with Crippen LogP contribution in [0.3, 0.4) is 0 Å². The molecule has 0 saturated heterocycles. The van der Waals surface area contributed by atoms with Gasteiger partial charge >= 0.3 is 23.0 Å². The molecule has 7 rings (SSSR count). The summed E-state index contributed by atoms with van der Waals surface area (Å²) < 4.78 is 55.6. The molecule has 0 fully saturated rings. The molecule has 264 valence electrons. The van der Waals surface area contributed by atoms with E-state index in [9.17, 15) is 15.8 Å². The van der Waals surface area contributed by atoms with Crippen molar-refractivity contribution < 1.29 is 27.1 Å². The van der Waals surface area contributed by atoms with E-state index in [-0.39, 0.29) is 17.2 Å². The summed E-state index contributed by atoms with van der Waals surface area (Å²) in [5, 5.41) is 28.5. The Kier molecular flexibility index (Phi) is 10.5. The van der Waals surface area contributed by atoms with Crippen molar-refractivity contribution in [1.82, 2.24) is 0 Å². The lowest BCUT2D eigenvalue weighted by molar-refractivity contribution is 0.443. The van der Waals surface area contributed by atoms with E-state index in [1.165, 1.54) is 0 Å². The summed E-state index contributed by atoms with van der Waals surface area (Å²) in [4.78, 5) is 0. The molecule has 6 aromatic rings. The average molecular weight is 769 g/mol. The fourth-order valence-corrected chi connectivity index (χ4v) is 13.9. The fourth-order valence-electron chi connectivity index (χ4n) is 4.80. The molecule has 0 aromatic heterocycles. The van der Waals surface area contributed by atoms with E-state index in [1.807, 2.05) is 18.2 Å². The van der Waals surface area contributed by atoms with Crippen molar-refractivity contribution in [2.75, 3.05) is 0 Å². The molecular weight excluding hydrogens is 741 g/mol. The second-order valence-electron chi connectivity index (χ2n) is 11.1. The molecule has 0 radical (unpaired) electrons. The first-order valence-corrected chi connectivity index (χ1v) is 20.7. The number of hydrogen-bond acceptors (Lipinski definition) is 12. The molecule has 1 aliphatic heterocycles. The van der Waals surface area contributed by atoms with E-state index < -0.39 is 23.0 Å². The van der Waals surface area contributed by atoms with Gasteiger partial charge in [-0.25, -0.2) is 0 Å². The lowest BCUT2D eigenvalue weighted by Crippen LogP contribution is -2.11. The molecule has 0 spiro atoms. The first-order chi connectivity index (χ1) is 26.4. The van der Waals surface area contributed by atoms with Gasteiger partial charge < -0.3 is 27.1 Å². The minimum Gasteiger partial charge on any atom is -0.413 e. The van der Waals surface area contributed by atoms with Gasteiger partial charge in [0.05, 0.1) is 34.9 Å². The molecule has 0 saturated carbocycles. The largest absolute Gasteiger partial charge is 0.460 e. The van der Waals surface area contributed by atoms with Crippen LogP contribution in [0.2, 0.25) is 0 Å². The highest BCUT2D eigenvalue weighted by molar-refractivity contribution is 7.79. The number of hydrogen-bond donors (Lipinski definition) is 0. The van der Waals surface area contributed by atoms with Crippen molar-refractivity contribution in [3.8, 4) is 52.7 Å². The molecule has 1 unspecified atom stereocenters. The van der Waals surface area contributed by atoms with E-state index in [0.717, 1.165) is 0 Å². The molecule has 6 aromatic carbocycles. The quantitative estimate of drug-likeness (QED) is 0.110. The summed E-state index contributed by atoms with van der Waals surface area (Å²) in [6.45, 7) is 0. The SMILES string of the molecule is N#Cc1ccc(OP2(Oc3ccccc3)=NP(Oc3ccccc3)(Oc3ccccc3)=NP(Oc3ccc(C#N)cc3)(Oc3ccc(C#N)cc3)=N2)cc1. The Bertz CT molecular complexity index is 2450. The second kappa shape index (κ2) is 15.9. The van der Waals surface area contributed by atoms with Gasteiger partial charge in [0.15, 0.2) is 0 Å². The smallest absolute Gasteiger partial charge is 0.413 e. The molecule has 1 heterocycles. The maximum absolute atomic E-state index is 9.51. The molecular formula is C39H27N6O6P3. The highest BCUT2D eigenvalue weighted by Gasteiger charge is 2.49. The molecule has 1 atom stereocenters. The van der Waals surface area contributed by atoms with Crippen LogP contribution >= 0.6 is 23.0 Å². The van der Waals surface area contributed by atoms with Crippen LogP contribution in [-0.4, -0.2) is 0 Å². The van der Waals surface area contributed by atoms with Crippen LogP contribution in [0.4, 0.5) is 0 Å². The topological polar surface area (TPSA) is 164 Å². The highest BCUT2D eigenvalue weighted by atomic mass is 31.3. The first kappa shape index (κ1) is 35.7. The van der Waals surface area contributed by atoms with Crippen molar-refractivity contribution in [3.05, 3.63) is 180 Å². The average Bonchev–Trinajstić information content (AvgIpc) is 3.19. The fraction of sp³-hybridized carbons (Fsp3) is 0. The maximum atomic E-state index is 9.51. The predicted octanol–water partition coefficient (Wildman–Crippen LogP) is 11.9. The Labute approximate surface area is 311 Å². The van der Waals surface area contributed by atoms with Gasteiger partial charge in [-0.1, -0.05) is 68.1 Å². The number of nitriles is 3. The number of rotatable bonds is 12. The summed E-state index contributed by atoms with van der Waals surface area (Å²) in [6.07, 6.45) is 0. The van der Waals surface area contributed by atoms with Crippen LogP contribution in [0.15, 0.2) is 177 Å². The van der Waals surface area contributed by atoms with Gasteiger partial charge in [-0.05, 0) is 109 Å². The molecule has 15 heteroatoms. The third-order valence-electron chi connectivity index (χ3n) is 7.20. The molecule has 0 amide bonds. The molecule has 0 N–H and O–H groups in total. The number of nitrogens with zero attached hydrogens (tertiary/aromatic N) is 6. The minimum absolute atomic E-state index is 0.249. The molecule has 12 nitrogen and oxygen atoms in total. The van der Waals surface area contributed by atoms with Crippen molar-refractivity contribution in [3.63, 3.8) is 0 Å². The van der Waals surface area contributed by atoms with Crippen molar-refractivity contribution in [2.45, 2.75) is 0 Å². The minimum atomic E-state index is -4.15. The van der Waals surface area contributed by atoms with E-state index in [4.69, 9.17) is 40.7 Å². The van der Waals surface area contributed by atoms with Crippen molar-refractivity contribution in [1.29, 1.82) is 15.8 Å². The second-order valence-corrected chi connectivity index (χ2v) is 17.3. The zero-order chi connectivity index (χ0) is 37.3. The molecule has 0 bridgehead atoms. The van der Waals surface area contributed by atoms with Gasteiger partial charge in [0.25, 0.3) is 0 Å². The first-order valence-electron chi connectivity index (χ1n) is 16.1. The predicted molar refractivity (Wildman–Crippen MR) is 205 cm³/mol. The van der Waals surface area contributed by atoms with Gasteiger partial charge in [-0.15, -0.1) is 0 Å². The normalized spacial score (nSPS) is 16.2. The lowest BCUT2D eigenvalue weighted by Gasteiger charge is -2.33. The summed E-state index contributed by atoms with van der Waals surface area (Å²) >= 11 is 0. The van der Waals surface area contributed by atoms with Gasteiger partial charge in [0, 0.05) is 0 Å².